The van der Waals surface area contributed by atoms with Gasteiger partial charge < -0.3 is 10.2 Å². The lowest BCUT2D eigenvalue weighted by atomic mass is 9.94. The van der Waals surface area contributed by atoms with Gasteiger partial charge in [0.15, 0.2) is 0 Å². The molecule has 0 aromatic heterocycles. The Morgan fingerprint density at radius 2 is 2.20 bits per heavy atom. The fourth-order valence-electron chi connectivity index (χ4n) is 3.52. The maximum Gasteiger partial charge on any atom is 0.272 e. The highest BCUT2D eigenvalue weighted by Crippen LogP contribution is 2.28. The number of hydrogen-bond acceptors (Lipinski definition) is 4. The molecule has 0 spiro atoms. The van der Waals surface area contributed by atoms with E-state index in [0.29, 0.717) is 6.04 Å². The van der Waals surface area contributed by atoms with Crippen molar-refractivity contribution in [2.75, 3.05) is 19.6 Å². The first kappa shape index (κ1) is 13.5. The van der Waals surface area contributed by atoms with E-state index in [1.54, 1.807) is 12.1 Å². The quantitative estimate of drug-likeness (QED) is 0.675. The number of nitrogens with zero attached hydrogens (tertiary/aromatic N) is 2. The van der Waals surface area contributed by atoms with Gasteiger partial charge in [0.2, 0.25) is 0 Å². The van der Waals surface area contributed by atoms with Gasteiger partial charge >= 0.3 is 0 Å². The molecule has 0 radical (unpaired) electrons. The third-order valence-corrected chi connectivity index (χ3v) is 4.80. The van der Waals surface area contributed by atoms with Crippen LogP contribution in [0.1, 0.15) is 24.0 Å². The number of benzene rings is 1. The van der Waals surface area contributed by atoms with E-state index in [0.717, 1.165) is 23.6 Å². The highest BCUT2D eigenvalue weighted by Gasteiger charge is 2.33. The molecule has 3 unspecified atom stereocenters. The summed E-state index contributed by atoms with van der Waals surface area (Å²) in [5, 5.41) is 14.6. The van der Waals surface area contributed by atoms with Crippen molar-refractivity contribution >= 4 is 5.69 Å². The Bertz CT molecular complexity index is 518. The first-order chi connectivity index (χ1) is 9.65. The second-order valence-corrected chi connectivity index (χ2v) is 5.94. The molecule has 3 atom stereocenters. The predicted octanol–water partition coefficient (Wildman–Crippen LogP) is 2.09. The van der Waals surface area contributed by atoms with Crippen LogP contribution in [-0.4, -0.2) is 35.5 Å². The summed E-state index contributed by atoms with van der Waals surface area (Å²) in [7, 11) is 0. The highest BCUT2D eigenvalue weighted by molar-refractivity contribution is 5.44. The average Bonchev–Trinajstić information content (AvgIpc) is 2.81. The second-order valence-electron chi connectivity index (χ2n) is 5.94. The van der Waals surface area contributed by atoms with E-state index in [1.165, 1.54) is 32.5 Å². The molecule has 20 heavy (non-hydrogen) atoms. The lowest BCUT2D eigenvalue weighted by Crippen LogP contribution is -2.43. The maximum absolute atomic E-state index is 11.0. The van der Waals surface area contributed by atoms with Gasteiger partial charge in [-0.15, -0.1) is 0 Å². The van der Waals surface area contributed by atoms with Gasteiger partial charge in [-0.05, 0) is 44.3 Å². The van der Waals surface area contributed by atoms with Crippen molar-refractivity contribution in [1.29, 1.82) is 0 Å². The van der Waals surface area contributed by atoms with Crippen LogP contribution >= 0.6 is 0 Å². The summed E-state index contributed by atoms with van der Waals surface area (Å²) in [6.45, 7) is 6.20. The summed E-state index contributed by atoms with van der Waals surface area (Å²) in [6, 6.07) is 5.90. The fourth-order valence-corrected chi connectivity index (χ4v) is 3.52. The first-order valence-electron chi connectivity index (χ1n) is 7.34. The van der Waals surface area contributed by atoms with Crippen LogP contribution in [0.5, 0.6) is 0 Å². The fraction of sp³-hybridized carbons (Fsp3) is 0.600. The zero-order valence-corrected chi connectivity index (χ0v) is 11.8. The number of hydrogen-bond donors (Lipinski definition) is 1. The molecule has 0 saturated carbocycles. The van der Waals surface area contributed by atoms with Gasteiger partial charge in [-0.3, -0.25) is 10.1 Å². The molecule has 2 saturated heterocycles. The van der Waals surface area contributed by atoms with Crippen molar-refractivity contribution in [1.82, 2.24) is 10.2 Å². The van der Waals surface area contributed by atoms with Gasteiger partial charge in [0.1, 0.15) is 0 Å². The topological polar surface area (TPSA) is 58.4 Å². The highest BCUT2D eigenvalue weighted by atomic mass is 16.6. The zero-order valence-electron chi connectivity index (χ0n) is 11.8. The van der Waals surface area contributed by atoms with Crippen molar-refractivity contribution in [3.63, 3.8) is 0 Å². The summed E-state index contributed by atoms with van der Waals surface area (Å²) in [4.78, 5) is 13.2. The Labute approximate surface area is 119 Å². The number of piperidine rings is 1. The normalized spacial score (nSPS) is 28.6. The Kier molecular flexibility index (Phi) is 3.72. The van der Waals surface area contributed by atoms with Crippen LogP contribution < -0.4 is 5.32 Å². The SMILES string of the molecule is Cc1c(CNC2CCN3CCC2C3)cccc1[N+](=O)[O-]. The number of fused-ring (bicyclic) bond motifs is 2. The molecule has 2 fully saturated rings. The van der Waals surface area contributed by atoms with E-state index in [9.17, 15) is 10.1 Å². The van der Waals surface area contributed by atoms with Gasteiger partial charge in [-0.25, -0.2) is 0 Å². The molecule has 108 valence electrons. The van der Waals surface area contributed by atoms with E-state index < -0.39 is 0 Å². The molecule has 0 amide bonds. The van der Waals surface area contributed by atoms with Gasteiger partial charge in [0, 0.05) is 30.8 Å². The minimum Gasteiger partial charge on any atom is -0.310 e. The third kappa shape index (κ3) is 2.55. The largest absolute Gasteiger partial charge is 0.310 e. The molecule has 5 heteroatoms. The Hall–Kier alpha value is -1.46. The summed E-state index contributed by atoms with van der Waals surface area (Å²) < 4.78 is 0. The summed E-state index contributed by atoms with van der Waals surface area (Å²) in [5.74, 6) is 0.753. The minimum atomic E-state index is -0.297. The van der Waals surface area contributed by atoms with E-state index in [1.807, 2.05) is 13.0 Å². The average molecular weight is 275 g/mol. The van der Waals surface area contributed by atoms with Crippen molar-refractivity contribution < 1.29 is 4.92 Å². The molecule has 1 aromatic rings. The van der Waals surface area contributed by atoms with E-state index in [2.05, 4.69) is 10.2 Å². The monoisotopic (exact) mass is 275 g/mol. The van der Waals surface area contributed by atoms with Crippen LogP contribution in [-0.2, 0) is 6.54 Å². The van der Waals surface area contributed by atoms with Crippen molar-refractivity contribution in [3.05, 3.63) is 39.4 Å². The number of nitrogens with one attached hydrogen (secondary N) is 1. The van der Waals surface area contributed by atoms with Gasteiger partial charge in [-0.2, -0.15) is 0 Å². The number of nitro groups is 1. The molecular weight excluding hydrogens is 254 g/mol. The molecule has 5 nitrogen and oxygen atoms in total. The van der Waals surface area contributed by atoms with Crippen LogP contribution in [0.2, 0.25) is 0 Å². The Morgan fingerprint density at radius 1 is 1.40 bits per heavy atom. The standard InChI is InChI=1S/C15H21N3O2/c1-11-12(3-2-4-15(11)18(19)20)9-16-14-6-8-17-7-5-13(14)10-17/h2-4,13-14,16H,5-10H2,1H3. The first-order valence-corrected chi connectivity index (χ1v) is 7.34. The summed E-state index contributed by atoms with van der Waals surface area (Å²) in [5.41, 5.74) is 2.05. The van der Waals surface area contributed by atoms with Crippen molar-refractivity contribution in [3.8, 4) is 0 Å². The second kappa shape index (κ2) is 5.50. The lowest BCUT2D eigenvalue weighted by molar-refractivity contribution is -0.385. The molecule has 0 aliphatic carbocycles. The summed E-state index contributed by atoms with van der Waals surface area (Å²) >= 11 is 0. The van der Waals surface area contributed by atoms with E-state index >= 15 is 0 Å². The summed E-state index contributed by atoms with van der Waals surface area (Å²) in [6.07, 6.45) is 2.48. The Balaban J connectivity index is 1.66. The molecule has 2 aliphatic heterocycles. The molecular formula is C15H21N3O2. The van der Waals surface area contributed by atoms with Crippen LogP contribution in [0.3, 0.4) is 0 Å². The number of rotatable bonds is 4. The molecule has 2 bridgehead atoms. The Morgan fingerprint density at radius 3 is 3.00 bits per heavy atom. The molecule has 1 aromatic carbocycles. The van der Waals surface area contributed by atoms with Crippen LogP contribution in [0.25, 0.3) is 0 Å². The van der Waals surface area contributed by atoms with Gasteiger partial charge in [0.05, 0.1) is 4.92 Å². The molecule has 2 heterocycles. The predicted molar refractivity (Wildman–Crippen MR) is 77.6 cm³/mol. The smallest absolute Gasteiger partial charge is 0.272 e. The van der Waals surface area contributed by atoms with E-state index in [-0.39, 0.29) is 10.6 Å². The lowest BCUT2D eigenvalue weighted by Gasteiger charge is -2.31. The minimum absolute atomic E-state index is 0.222. The zero-order chi connectivity index (χ0) is 14.1. The van der Waals surface area contributed by atoms with E-state index in [4.69, 9.17) is 0 Å². The maximum atomic E-state index is 11.0. The number of nitro benzene ring substituents is 1. The van der Waals surface area contributed by atoms with Crippen LogP contribution in [0, 0.1) is 23.0 Å². The molecule has 2 aliphatic rings. The molecule has 3 rings (SSSR count). The van der Waals surface area contributed by atoms with Crippen molar-refractivity contribution in [2.45, 2.75) is 32.4 Å². The van der Waals surface area contributed by atoms with Crippen molar-refractivity contribution in [2.24, 2.45) is 5.92 Å². The van der Waals surface area contributed by atoms with Crippen LogP contribution in [0.4, 0.5) is 5.69 Å². The molecule has 1 N–H and O–H groups in total. The third-order valence-electron chi connectivity index (χ3n) is 4.80. The van der Waals surface area contributed by atoms with Gasteiger partial charge in [-0.1, -0.05) is 12.1 Å². The van der Waals surface area contributed by atoms with Gasteiger partial charge in [0.25, 0.3) is 5.69 Å². The van der Waals surface area contributed by atoms with Crippen LogP contribution in [0.15, 0.2) is 18.2 Å².